The summed E-state index contributed by atoms with van der Waals surface area (Å²) in [5, 5.41) is 0. The van der Waals surface area contributed by atoms with E-state index in [1.54, 1.807) is 0 Å². The molecule has 5 heteroatoms. The minimum absolute atomic E-state index is 0.555. The summed E-state index contributed by atoms with van der Waals surface area (Å²) in [5.74, 6) is 8.88. The maximum atomic E-state index is 5.68. The Morgan fingerprint density at radius 1 is 1.39 bits per heavy atom. The van der Waals surface area contributed by atoms with Crippen LogP contribution in [0.15, 0.2) is 22.6 Å². The number of aromatic nitrogens is 2. The number of hydrogen-bond acceptors (Lipinski definition) is 5. The summed E-state index contributed by atoms with van der Waals surface area (Å²) in [7, 11) is 0. The van der Waals surface area contributed by atoms with E-state index in [0.717, 1.165) is 17.9 Å². The van der Waals surface area contributed by atoms with Gasteiger partial charge >= 0.3 is 0 Å². The molecule has 0 aromatic carbocycles. The van der Waals surface area contributed by atoms with Crippen LogP contribution in [0.3, 0.4) is 0 Å². The zero-order valence-electron chi connectivity index (χ0n) is 10.3. The third-order valence-electron chi connectivity index (χ3n) is 3.12. The van der Waals surface area contributed by atoms with Crippen molar-refractivity contribution in [3.05, 3.63) is 29.7 Å². The predicted molar refractivity (Wildman–Crippen MR) is 68.9 cm³/mol. The van der Waals surface area contributed by atoms with Crippen molar-refractivity contribution in [1.29, 1.82) is 0 Å². The first-order valence-electron chi connectivity index (χ1n) is 6.25. The molecule has 3 rings (SSSR count). The van der Waals surface area contributed by atoms with E-state index in [9.17, 15) is 0 Å². The number of rotatable bonds is 4. The maximum absolute atomic E-state index is 5.68. The average molecular weight is 244 g/mol. The number of anilines is 1. The van der Waals surface area contributed by atoms with E-state index in [1.165, 1.54) is 12.8 Å². The molecule has 1 fully saturated rings. The molecule has 3 N–H and O–H groups in total. The number of nitrogens with zero attached hydrogens (tertiary/aromatic N) is 2. The third kappa shape index (κ3) is 2.09. The molecule has 0 amide bonds. The Bertz CT molecular complexity index is 560. The molecule has 94 valence electrons. The zero-order valence-corrected chi connectivity index (χ0v) is 10.3. The fourth-order valence-electron chi connectivity index (χ4n) is 1.93. The minimum Gasteiger partial charge on any atom is -0.458 e. The number of nitrogens with one attached hydrogen (secondary N) is 1. The number of furan rings is 1. The third-order valence-corrected chi connectivity index (χ3v) is 3.12. The van der Waals surface area contributed by atoms with Gasteiger partial charge in [-0.15, -0.1) is 0 Å². The highest BCUT2D eigenvalue weighted by Gasteiger charge is 2.26. The van der Waals surface area contributed by atoms with Crippen LogP contribution in [0.2, 0.25) is 0 Å². The summed E-state index contributed by atoms with van der Waals surface area (Å²) in [6, 6.07) is 5.77. The number of nitrogen functional groups attached to an aromatic ring is 1. The average Bonchev–Trinajstić information content (AvgIpc) is 3.16. The first-order valence-corrected chi connectivity index (χ1v) is 6.25. The summed E-state index contributed by atoms with van der Waals surface area (Å²) < 4.78 is 5.68. The van der Waals surface area contributed by atoms with E-state index in [-0.39, 0.29) is 0 Å². The number of hydrogen-bond donors (Lipinski definition) is 2. The lowest BCUT2D eigenvalue weighted by Gasteiger charge is -2.05. The Labute approximate surface area is 105 Å². The van der Waals surface area contributed by atoms with Crippen LogP contribution in [-0.2, 0) is 6.42 Å². The second kappa shape index (κ2) is 4.42. The van der Waals surface area contributed by atoms with Gasteiger partial charge in [0.05, 0.1) is 0 Å². The lowest BCUT2D eigenvalue weighted by molar-refractivity contribution is 0.525. The number of aryl methyl sites for hydroxylation is 1. The Morgan fingerprint density at radius 2 is 2.22 bits per heavy atom. The van der Waals surface area contributed by atoms with Gasteiger partial charge in [0.2, 0.25) is 0 Å². The second-order valence-corrected chi connectivity index (χ2v) is 4.54. The van der Waals surface area contributed by atoms with Crippen LogP contribution in [0.5, 0.6) is 0 Å². The molecule has 0 atom stereocenters. The minimum atomic E-state index is 0.555. The summed E-state index contributed by atoms with van der Waals surface area (Å²) in [6.07, 6.45) is 3.25. The smallest absolute Gasteiger partial charge is 0.197 e. The summed E-state index contributed by atoms with van der Waals surface area (Å²) >= 11 is 0. The van der Waals surface area contributed by atoms with Gasteiger partial charge in [-0.3, -0.25) is 0 Å². The van der Waals surface area contributed by atoms with Gasteiger partial charge in [-0.1, -0.05) is 6.92 Å². The van der Waals surface area contributed by atoms with E-state index < -0.39 is 0 Å². The van der Waals surface area contributed by atoms with E-state index in [0.29, 0.717) is 23.3 Å². The first-order chi connectivity index (χ1) is 8.80. The van der Waals surface area contributed by atoms with Gasteiger partial charge < -0.3 is 9.84 Å². The molecule has 2 heterocycles. The van der Waals surface area contributed by atoms with Crippen molar-refractivity contribution in [3.8, 4) is 11.6 Å². The Morgan fingerprint density at radius 3 is 2.83 bits per heavy atom. The number of hydrazine groups is 1. The van der Waals surface area contributed by atoms with Crippen molar-refractivity contribution >= 4 is 5.82 Å². The molecule has 2 aromatic rings. The molecule has 0 unspecified atom stereocenters. The van der Waals surface area contributed by atoms with Crippen molar-refractivity contribution in [3.63, 3.8) is 0 Å². The highest BCUT2D eigenvalue weighted by atomic mass is 16.3. The Balaban J connectivity index is 2.01. The monoisotopic (exact) mass is 244 g/mol. The molecule has 0 spiro atoms. The Hall–Kier alpha value is -1.88. The topological polar surface area (TPSA) is 77.0 Å². The lowest BCUT2D eigenvalue weighted by Crippen LogP contribution is -2.10. The van der Waals surface area contributed by atoms with Crippen molar-refractivity contribution < 1.29 is 4.42 Å². The molecule has 0 saturated heterocycles. The second-order valence-electron chi connectivity index (χ2n) is 4.54. The van der Waals surface area contributed by atoms with Gasteiger partial charge in [-0.05, 0) is 25.0 Å². The standard InChI is InChI=1S/C13H16N4O/c1-2-9-5-6-11(18-9)13-15-10(8-3-4-8)7-12(16-13)17-14/h5-8H,2-4,14H2,1H3,(H,15,16,17). The van der Waals surface area contributed by atoms with Crippen LogP contribution in [0, 0.1) is 0 Å². The molecule has 1 aliphatic rings. The van der Waals surface area contributed by atoms with Gasteiger partial charge in [0.25, 0.3) is 0 Å². The quantitative estimate of drug-likeness (QED) is 0.638. The molecular weight excluding hydrogens is 228 g/mol. The summed E-state index contributed by atoms with van der Waals surface area (Å²) in [4.78, 5) is 8.90. The lowest BCUT2D eigenvalue weighted by atomic mass is 10.2. The molecule has 0 bridgehead atoms. The molecule has 18 heavy (non-hydrogen) atoms. The van der Waals surface area contributed by atoms with E-state index in [2.05, 4.69) is 22.3 Å². The predicted octanol–water partition coefficient (Wildman–Crippen LogP) is 2.46. The van der Waals surface area contributed by atoms with Crippen LogP contribution < -0.4 is 11.3 Å². The van der Waals surface area contributed by atoms with Gasteiger partial charge in [-0.25, -0.2) is 15.8 Å². The normalized spacial score (nSPS) is 14.8. The molecule has 2 aromatic heterocycles. The van der Waals surface area contributed by atoms with Crippen molar-refractivity contribution in [2.24, 2.45) is 5.84 Å². The van der Waals surface area contributed by atoms with Crippen LogP contribution in [0.1, 0.15) is 37.1 Å². The zero-order chi connectivity index (χ0) is 12.5. The van der Waals surface area contributed by atoms with E-state index in [1.807, 2.05) is 18.2 Å². The van der Waals surface area contributed by atoms with Gasteiger partial charge in [-0.2, -0.15) is 0 Å². The molecular formula is C13H16N4O. The molecule has 0 aliphatic heterocycles. The van der Waals surface area contributed by atoms with Gasteiger partial charge in [0.1, 0.15) is 11.6 Å². The van der Waals surface area contributed by atoms with Crippen molar-refractivity contribution in [2.45, 2.75) is 32.1 Å². The van der Waals surface area contributed by atoms with Crippen molar-refractivity contribution in [2.75, 3.05) is 5.43 Å². The highest BCUT2D eigenvalue weighted by molar-refractivity contribution is 5.52. The van der Waals surface area contributed by atoms with Crippen LogP contribution in [0.25, 0.3) is 11.6 Å². The summed E-state index contributed by atoms with van der Waals surface area (Å²) in [5.41, 5.74) is 3.63. The van der Waals surface area contributed by atoms with Crippen molar-refractivity contribution in [1.82, 2.24) is 9.97 Å². The first kappa shape index (κ1) is 11.2. The fraction of sp³-hybridized carbons (Fsp3) is 0.385. The van der Waals surface area contributed by atoms with Crippen LogP contribution in [-0.4, -0.2) is 9.97 Å². The Kier molecular flexibility index (Phi) is 2.76. The largest absolute Gasteiger partial charge is 0.458 e. The van der Waals surface area contributed by atoms with E-state index in [4.69, 9.17) is 10.3 Å². The fourth-order valence-corrected chi connectivity index (χ4v) is 1.93. The van der Waals surface area contributed by atoms with Crippen LogP contribution in [0.4, 0.5) is 5.82 Å². The highest BCUT2D eigenvalue weighted by Crippen LogP contribution is 2.40. The van der Waals surface area contributed by atoms with Gasteiger partial charge in [0.15, 0.2) is 11.6 Å². The summed E-state index contributed by atoms with van der Waals surface area (Å²) in [6.45, 7) is 2.05. The SMILES string of the molecule is CCc1ccc(-c2nc(NN)cc(C3CC3)n2)o1. The molecule has 1 aliphatic carbocycles. The molecule has 1 saturated carbocycles. The number of nitrogens with two attached hydrogens (primary N) is 1. The van der Waals surface area contributed by atoms with Crippen LogP contribution >= 0.6 is 0 Å². The molecule has 0 radical (unpaired) electrons. The maximum Gasteiger partial charge on any atom is 0.197 e. The van der Waals surface area contributed by atoms with E-state index >= 15 is 0 Å². The molecule has 5 nitrogen and oxygen atoms in total. The van der Waals surface area contributed by atoms with Gasteiger partial charge in [0, 0.05) is 24.1 Å².